The lowest BCUT2D eigenvalue weighted by Crippen LogP contribution is -2.41. The SMILES string of the molecule is O=C(O)C1CCC(C(=O)N(CC2CCCCC2)C2CC2)C1. The van der Waals surface area contributed by atoms with Gasteiger partial charge in [-0.1, -0.05) is 19.3 Å². The zero-order valence-electron chi connectivity index (χ0n) is 12.8. The van der Waals surface area contributed by atoms with E-state index in [9.17, 15) is 9.59 Å². The first-order valence-corrected chi connectivity index (χ1v) is 8.68. The molecular weight excluding hydrogens is 266 g/mol. The third kappa shape index (κ3) is 3.58. The summed E-state index contributed by atoms with van der Waals surface area (Å²) in [6.45, 7) is 0.928. The molecule has 2 atom stereocenters. The minimum absolute atomic E-state index is 0.0321. The van der Waals surface area contributed by atoms with Crippen LogP contribution in [0.1, 0.15) is 64.2 Å². The molecule has 0 aliphatic heterocycles. The van der Waals surface area contributed by atoms with E-state index in [1.807, 2.05) is 0 Å². The van der Waals surface area contributed by atoms with Crippen molar-refractivity contribution in [1.29, 1.82) is 0 Å². The van der Waals surface area contributed by atoms with Crippen molar-refractivity contribution < 1.29 is 14.7 Å². The molecule has 3 aliphatic rings. The molecule has 3 saturated carbocycles. The lowest BCUT2D eigenvalue weighted by atomic mass is 9.88. The molecule has 118 valence electrons. The monoisotopic (exact) mass is 293 g/mol. The molecular formula is C17H27NO3. The van der Waals surface area contributed by atoms with Crippen molar-refractivity contribution in [2.45, 2.75) is 70.3 Å². The van der Waals surface area contributed by atoms with E-state index in [1.165, 1.54) is 32.1 Å². The molecule has 1 amide bonds. The highest BCUT2D eigenvalue weighted by Crippen LogP contribution is 2.37. The highest BCUT2D eigenvalue weighted by Gasteiger charge is 2.41. The highest BCUT2D eigenvalue weighted by atomic mass is 16.4. The Morgan fingerprint density at radius 1 is 0.905 bits per heavy atom. The maximum Gasteiger partial charge on any atom is 0.306 e. The number of hydrogen-bond donors (Lipinski definition) is 1. The fourth-order valence-corrected chi connectivity index (χ4v) is 4.12. The van der Waals surface area contributed by atoms with Crippen molar-refractivity contribution in [2.24, 2.45) is 17.8 Å². The lowest BCUT2D eigenvalue weighted by Gasteiger charge is -2.31. The molecule has 21 heavy (non-hydrogen) atoms. The first kappa shape index (κ1) is 14.9. The van der Waals surface area contributed by atoms with E-state index in [0.717, 1.165) is 25.8 Å². The van der Waals surface area contributed by atoms with Gasteiger partial charge in [0.05, 0.1) is 5.92 Å². The van der Waals surface area contributed by atoms with Crippen molar-refractivity contribution in [3.05, 3.63) is 0 Å². The van der Waals surface area contributed by atoms with Crippen molar-refractivity contribution >= 4 is 11.9 Å². The Bertz CT molecular complexity index is 399. The van der Waals surface area contributed by atoms with Crippen LogP contribution in [0.2, 0.25) is 0 Å². The number of nitrogens with zero attached hydrogens (tertiary/aromatic N) is 1. The zero-order valence-corrected chi connectivity index (χ0v) is 12.8. The van der Waals surface area contributed by atoms with Crippen LogP contribution in [0.5, 0.6) is 0 Å². The number of amides is 1. The smallest absolute Gasteiger partial charge is 0.306 e. The summed E-state index contributed by atoms with van der Waals surface area (Å²) in [4.78, 5) is 26.0. The number of rotatable bonds is 5. The predicted octanol–water partition coefficient (Wildman–Crippen LogP) is 3.06. The van der Waals surface area contributed by atoms with Crippen LogP contribution in [0.4, 0.5) is 0 Å². The second kappa shape index (κ2) is 6.37. The van der Waals surface area contributed by atoms with E-state index in [-0.39, 0.29) is 17.7 Å². The van der Waals surface area contributed by atoms with Crippen LogP contribution in [0.25, 0.3) is 0 Å². The minimum Gasteiger partial charge on any atom is -0.481 e. The highest BCUT2D eigenvalue weighted by molar-refractivity contribution is 5.81. The molecule has 3 fully saturated rings. The van der Waals surface area contributed by atoms with Crippen LogP contribution >= 0.6 is 0 Å². The van der Waals surface area contributed by atoms with Gasteiger partial charge in [-0.05, 0) is 50.9 Å². The summed E-state index contributed by atoms with van der Waals surface area (Å²) in [5, 5.41) is 9.11. The Hall–Kier alpha value is -1.06. The average molecular weight is 293 g/mol. The summed E-state index contributed by atoms with van der Waals surface area (Å²) in [6, 6.07) is 0.461. The quantitative estimate of drug-likeness (QED) is 0.847. The van der Waals surface area contributed by atoms with Gasteiger partial charge in [0.25, 0.3) is 0 Å². The van der Waals surface area contributed by atoms with Gasteiger partial charge >= 0.3 is 5.97 Å². The molecule has 0 spiro atoms. The van der Waals surface area contributed by atoms with E-state index in [2.05, 4.69) is 4.90 Å². The van der Waals surface area contributed by atoms with Gasteiger partial charge in [-0.15, -0.1) is 0 Å². The molecule has 2 unspecified atom stereocenters. The average Bonchev–Trinajstić information content (AvgIpc) is 3.20. The molecule has 4 nitrogen and oxygen atoms in total. The van der Waals surface area contributed by atoms with Crippen molar-refractivity contribution in [2.75, 3.05) is 6.54 Å². The number of aliphatic carboxylic acids is 1. The van der Waals surface area contributed by atoms with Gasteiger partial charge in [-0.3, -0.25) is 9.59 Å². The summed E-state index contributed by atoms with van der Waals surface area (Å²) >= 11 is 0. The molecule has 0 heterocycles. The van der Waals surface area contributed by atoms with Gasteiger partial charge in [-0.2, -0.15) is 0 Å². The maximum absolute atomic E-state index is 12.8. The topological polar surface area (TPSA) is 57.6 Å². The first-order chi connectivity index (χ1) is 10.1. The molecule has 3 rings (SSSR count). The molecule has 0 saturated heterocycles. The molecule has 0 bridgehead atoms. The fraction of sp³-hybridized carbons (Fsp3) is 0.882. The summed E-state index contributed by atoms with van der Waals surface area (Å²) in [5.74, 6) is -0.118. The molecule has 3 aliphatic carbocycles. The largest absolute Gasteiger partial charge is 0.481 e. The number of carbonyl (C=O) groups excluding carboxylic acids is 1. The van der Waals surface area contributed by atoms with Crippen LogP contribution in [-0.4, -0.2) is 34.5 Å². The van der Waals surface area contributed by atoms with Crippen LogP contribution < -0.4 is 0 Å². The Kier molecular flexibility index (Phi) is 4.51. The van der Waals surface area contributed by atoms with Gasteiger partial charge in [0.1, 0.15) is 0 Å². The summed E-state index contributed by atoms with van der Waals surface area (Å²) < 4.78 is 0. The van der Waals surface area contributed by atoms with Crippen molar-refractivity contribution in [3.63, 3.8) is 0 Å². The molecule has 4 heteroatoms. The van der Waals surface area contributed by atoms with Crippen LogP contribution in [0.3, 0.4) is 0 Å². The standard InChI is InChI=1S/C17H27NO3/c19-16(13-6-7-14(10-13)17(20)21)18(15-8-9-15)11-12-4-2-1-3-5-12/h12-15H,1-11H2,(H,20,21). The number of hydrogen-bond acceptors (Lipinski definition) is 2. The number of carboxylic acids is 1. The summed E-state index contributed by atoms with van der Waals surface area (Å²) in [5.41, 5.74) is 0. The summed E-state index contributed by atoms with van der Waals surface area (Å²) in [6.07, 6.45) is 10.8. The Labute approximate surface area is 126 Å². The van der Waals surface area contributed by atoms with E-state index >= 15 is 0 Å². The Morgan fingerprint density at radius 3 is 2.14 bits per heavy atom. The van der Waals surface area contributed by atoms with E-state index in [1.54, 1.807) is 0 Å². The van der Waals surface area contributed by atoms with Crippen LogP contribution in [0.15, 0.2) is 0 Å². The number of carbonyl (C=O) groups is 2. The molecule has 0 aromatic carbocycles. The third-order valence-corrected chi connectivity index (χ3v) is 5.58. The summed E-state index contributed by atoms with van der Waals surface area (Å²) in [7, 11) is 0. The van der Waals surface area contributed by atoms with Gasteiger partial charge in [0.2, 0.25) is 5.91 Å². The predicted molar refractivity (Wildman–Crippen MR) is 79.8 cm³/mol. The van der Waals surface area contributed by atoms with E-state index in [0.29, 0.717) is 24.8 Å². The zero-order chi connectivity index (χ0) is 14.8. The normalized spacial score (nSPS) is 30.3. The van der Waals surface area contributed by atoms with Gasteiger partial charge < -0.3 is 10.0 Å². The second-order valence-electron chi connectivity index (χ2n) is 7.27. The second-order valence-corrected chi connectivity index (χ2v) is 7.27. The maximum atomic E-state index is 12.8. The third-order valence-electron chi connectivity index (χ3n) is 5.58. The molecule has 0 radical (unpaired) electrons. The van der Waals surface area contributed by atoms with Crippen LogP contribution in [-0.2, 0) is 9.59 Å². The lowest BCUT2D eigenvalue weighted by molar-refractivity contribution is -0.141. The van der Waals surface area contributed by atoms with Gasteiger partial charge in [0.15, 0.2) is 0 Å². The van der Waals surface area contributed by atoms with Crippen molar-refractivity contribution in [3.8, 4) is 0 Å². The van der Waals surface area contributed by atoms with Gasteiger partial charge in [0, 0.05) is 18.5 Å². The van der Waals surface area contributed by atoms with Crippen LogP contribution in [0, 0.1) is 17.8 Å². The van der Waals surface area contributed by atoms with E-state index < -0.39 is 5.97 Å². The minimum atomic E-state index is -0.726. The number of carboxylic acid groups (broad SMARTS) is 1. The first-order valence-electron chi connectivity index (χ1n) is 8.68. The molecule has 1 N–H and O–H groups in total. The fourth-order valence-electron chi connectivity index (χ4n) is 4.12. The molecule has 0 aromatic rings. The Balaban J connectivity index is 1.58. The molecule has 0 aromatic heterocycles. The van der Waals surface area contributed by atoms with Gasteiger partial charge in [-0.25, -0.2) is 0 Å². The van der Waals surface area contributed by atoms with Crippen molar-refractivity contribution in [1.82, 2.24) is 4.90 Å². The Morgan fingerprint density at radius 2 is 1.57 bits per heavy atom. The van der Waals surface area contributed by atoms with E-state index in [4.69, 9.17) is 5.11 Å².